The summed E-state index contributed by atoms with van der Waals surface area (Å²) in [5, 5.41) is 3.04. The van der Waals surface area contributed by atoms with Crippen LogP contribution in [0.1, 0.15) is 19.7 Å². The largest absolute Gasteiger partial charge is 0.492 e. The molecule has 2 aromatic rings. The molecule has 2 heterocycles. The van der Waals surface area contributed by atoms with E-state index in [9.17, 15) is 0 Å². The van der Waals surface area contributed by atoms with Gasteiger partial charge in [0.15, 0.2) is 5.82 Å². The van der Waals surface area contributed by atoms with Crippen LogP contribution in [0, 0.1) is 0 Å². The maximum atomic E-state index is 5.47. The van der Waals surface area contributed by atoms with Gasteiger partial charge in [-0.05, 0) is 19.9 Å². The molecule has 1 N–H and O–H groups in total. The van der Waals surface area contributed by atoms with E-state index in [1.54, 1.807) is 12.4 Å². The van der Waals surface area contributed by atoms with Crippen LogP contribution in [-0.4, -0.2) is 35.2 Å². The first-order valence-corrected chi connectivity index (χ1v) is 6.98. The molecule has 0 saturated heterocycles. The number of pyridine rings is 1. The lowest BCUT2D eigenvalue weighted by Crippen LogP contribution is -2.04. The number of rotatable bonds is 7. The molecule has 0 bridgehead atoms. The molecule has 0 aliphatic heterocycles. The van der Waals surface area contributed by atoms with Crippen LogP contribution >= 0.6 is 0 Å². The Morgan fingerprint density at radius 3 is 2.67 bits per heavy atom. The number of hydrogen-bond acceptors (Lipinski definition) is 6. The molecule has 112 valence electrons. The lowest BCUT2D eigenvalue weighted by molar-refractivity contribution is 0.128. The second kappa shape index (κ2) is 7.54. The Morgan fingerprint density at radius 2 is 1.95 bits per heavy atom. The quantitative estimate of drug-likeness (QED) is 0.844. The van der Waals surface area contributed by atoms with Crippen LogP contribution in [0.5, 0.6) is 5.75 Å². The Hall–Kier alpha value is -2.21. The van der Waals surface area contributed by atoms with Crippen LogP contribution in [0.2, 0.25) is 0 Å². The highest BCUT2D eigenvalue weighted by atomic mass is 16.5. The van der Waals surface area contributed by atoms with Crippen molar-refractivity contribution in [1.82, 2.24) is 15.0 Å². The summed E-state index contributed by atoms with van der Waals surface area (Å²) in [5.74, 6) is 2.11. The fourth-order valence-electron chi connectivity index (χ4n) is 1.84. The molecule has 0 amide bonds. The van der Waals surface area contributed by atoms with Gasteiger partial charge in [-0.15, -0.1) is 0 Å². The molecule has 0 spiro atoms. The molecule has 0 fully saturated rings. The number of nitrogens with zero attached hydrogens (tertiary/aromatic N) is 3. The van der Waals surface area contributed by atoms with Gasteiger partial charge in [0, 0.05) is 31.5 Å². The van der Waals surface area contributed by atoms with Crippen molar-refractivity contribution in [1.29, 1.82) is 0 Å². The van der Waals surface area contributed by atoms with E-state index in [0.29, 0.717) is 25.6 Å². The van der Waals surface area contributed by atoms with Crippen LogP contribution in [0.25, 0.3) is 11.3 Å². The van der Waals surface area contributed by atoms with Crippen molar-refractivity contribution in [2.45, 2.75) is 20.5 Å². The summed E-state index contributed by atoms with van der Waals surface area (Å²) < 4.78 is 10.9. The highest BCUT2D eigenvalue weighted by Crippen LogP contribution is 2.23. The summed E-state index contributed by atoms with van der Waals surface area (Å²) in [7, 11) is 1.82. The zero-order chi connectivity index (χ0) is 15.1. The predicted octanol–water partition coefficient (Wildman–Crippen LogP) is 2.52. The molecule has 0 saturated carbocycles. The third-order valence-corrected chi connectivity index (χ3v) is 2.78. The topological polar surface area (TPSA) is 69.2 Å². The van der Waals surface area contributed by atoms with Gasteiger partial charge in [0.05, 0.1) is 18.5 Å². The Balaban J connectivity index is 2.35. The smallest absolute Gasteiger partial charge is 0.157 e. The maximum absolute atomic E-state index is 5.47. The van der Waals surface area contributed by atoms with E-state index < -0.39 is 0 Å². The number of anilines is 1. The summed E-state index contributed by atoms with van der Waals surface area (Å²) in [5.41, 5.74) is 1.68. The minimum absolute atomic E-state index is 0.387. The SMILES string of the molecule is CCOCc1nc(NC)cc(-c2cncc(OCC)c2)n1. The fraction of sp³-hybridized carbons (Fsp3) is 0.400. The van der Waals surface area contributed by atoms with Crippen molar-refractivity contribution in [2.75, 3.05) is 25.6 Å². The summed E-state index contributed by atoms with van der Waals surface area (Å²) >= 11 is 0. The van der Waals surface area contributed by atoms with Crippen molar-refractivity contribution < 1.29 is 9.47 Å². The highest BCUT2D eigenvalue weighted by Gasteiger charge is 2.08. The van der Waals surface area contributed by atoms with Gasteiger partial charge in [-0.2, -0.15) is 0 Å². The lowest BCUT2D eigenvalue weighted by Gasteiger charge is -2.09. The molecule has 2 aromatic heterocycles. The van der Waals surface area contributed by atoms with Gasteiger partial charge in [-0.3, -0.25) is 4.98 Å². The number of ether oxygens (including phenoxy) is 2. The molecule has 0 aliphatic carbocycles. The molecule has 0 aliphatic rings. The molecule has 6 heteroatoms. The molecule has 0 aromatic carbocycles. The number of nitrogens with one attached hydrogen (secondary N) is 1. The number of hydrogen-bond donors (Lipinski definition) is 1. The molecular formula is C15H20N4O2. The zero-order valence-electron chi connectivity index (χ0n) is 12.6. The van der Waals surface area contributed by atoms with Gasteiger partial charge in [0.1, 0.15) is 18.2 Å². The fourth-order valence-corrected chi connectivity index (χ4v) is 1.84. The minimum atomic E-state index is 0.387. The van der Waals surface area contributed by atoms with Crippen molar-refractivity contribution in [3.05, 3.63) is 30.4 Å². The number of aromatic nitrogens is 3. The van der Waals surface area contributed by atoms with E-state index in [2.05, 4.69) is 20.3 Å². The Labute approximate surface area is 124 Å². The Morgan fingerprint density at radius 1 is 1.10 bits per heavy atom. The standard InChI is InChI=1S/C15H20N4O2/c1-4-20-10-15-18-13(7-14(16-3)19-15)11-6-12(21-5-2)9-17-8-11/h6-9H,4-5,10H2,1-3H3,(H,16,18,19). The van der Waals surface area contributed by atoms with E-state index in [4.69, 9.17) is 9.47 Å². The molecule has 0 radical (unpaired) electrons. The van der Waals surface area contributed by atoms with Gasteiger partial charge >= 0.3 is 0 Å². The molecule has 2 rings (SSSR count). The van der Waals surface area contributed by atoms with Crippen molar-refractivity contribution in [3.63, 3.8) is 0 Å². The van der Waals surface area contributed by atoms with Crippen LogP contribution in [0.4, 0.5) is 5.82 Å². The van der Waals surface area contributed by atoms with E-state index in [-0.39, 0.29) is 0 Å². The first-order valence-electron chi connectivity index (χ1n) is 6.98. The summed E-state index contributed by atoms with van der Waals surface area (Å²) in [6.07, 6.45) is 3.45. The summed E-state index contributed by atoms with van der Waals surface area (Å²) in [6, 6.07) is 3.80. The van der Waals surface area contributed by atoms with E-state index in [1.165, 1.54) is 0 Å². The first-order chi connectivity index (χ1) is 10.3. The van der Waals surface area contributed by atoms with Gasteiger partial charge in [0.2, 0.25) is 0 Å². The normalized spacial score (nSPS) is 10.4. The van der Waals surface area contributed by atoms with Crippen LogP contribution in [0.3, 0.4) is 0 Å². The van der Waals surface area contributed by atoms with Crippen molar-refractivity contribution >= 4 is 5.82 Å². The summed E-state index contributed by atoms with van der Waals surface area (Å²) in [4.78, 5) is 13.1. The van der Waals surface area contributed by atoms with E-state index in [1.807, 2.05) is 33.0 Å². The molecule has 21 heavy (non-hydrogen) atoms. The highest BCUT2D eigenvalue weighted by molar-refractivity contribution is 5.62. The molecule has 0 unspecified atom stereocenters. The third-order valence-electron chi connectivity index (χ3n) is 2.78. The van der Waals surface area contributed by atoms with Gasteiger partial charge in [-0.1, -0.05) is 0 Å². The van der Waals surface area contributed by atoms with Crippen LogP contribution in [0.15, 0.2) is 24.5 Å². The Bertz CT molecular complexity index is 590. The van der Waals surface area contributed by atoms with Crippen LogP contribution < -0.4 is 10.1 Å². The van der Waals surface area contributed by atoms with E-state index in [0.717, 1.165) is 22.8 Å². The first kappa shape index (κ1) is 15.2. The van der Waals surface area contributed by atoms with Gasteiger partial charge in [-0.25, -0.2) is 9.97 Å². The van der Waals surface area contributed by atoms with Gasteiger partial charge in [0.25, 0.3) is 0 Å². The predicted molar refractivity (Wildman–Crippen MR) is 81.3 cm³/mol. The Kier molecular flexibility index (Phi) is 5.45. The molecule has 6 nitrogen and oxygen atoms in total. The second-order valence-electron chi connectivity index (χ2n) is 4.28. The average molecular weight is 288 g/mol. The summed E-state index contributed by atoms with van der Waals surface area (Å²) in [6.45, 7) is 5.50. The van der Waals surface area contributed by atoms with Gasteiger partial charge < -0.3 is 14.8 Å². The minimum Gasteiger partial charge on any atom is -0.492 e. The molecule has 0 atom stereocenters. The van der Waals surface area contributed by atoms with Crippen molar-refractivity contribution in [3.8, 4) is 17.0 Å². The van der Waals surface area contributed by atoms with Crippen molar-refractivity contribution in [2.24, 2.45) is 0 Å². The third kappa shape index (κ3) is 4.13. The molecular weight excluding hydrogens is 268 g/mol. The van der Waals surface area contributed by atoms with Crippen LogP contribution in [-0.2, 0) is 11.3 Å². The average Bonchev–Trinajstić information content (AvgIpc) is 2.53. The maximum Gasteiger partial charge on any atom is 0.157 e. The zero-order valence-corrected chi connectivity index (χ0v) is 12.6. The lowest BCUT2D eigenvalue weighted by atomic mass is 10.2. The van der Waals surface area contributed by atoms with E-state index >= 15 is 0 Å². The monoisotopic (exact) mass is 288 g/mol. The second-order valence-corrected chi connectivity index (χ2v) is 4.28.